The highest BCUT2D eigenvalue weighted by atomic mass is 19.1. The molecule has 2 rings (SSSR count). The highest BCUT2D eigenvalue weighted by molar-refractivity contribution is 5.71. The number of nitro benzene ring substituents is 1. The third kappa shape index (κ3) is 4.38. The van der Waals surface area contributed by atoms with Crippen molar-refractivity contribution in [1.29, 1.82) is 0 Å². The van der Waals surface area contributed by atoms with Gasteiger partial charge >= 0.3 is 11.7 Å². The number of anilines is 1. The van der Waals surface area contributed by atoms with Crippen molar-refractivity contribution in [1.82, 2.24) is 4.90 Å². The lowest BCUT2D eigenvalue weighted by Crippen LogP contribution is -2.35. The Balaban J connectivity index is 2.08. The van der Waals surface area contributed by atoms with E-state index < -0.39 is 16.4 Å². The Morgan fingerprint density at radius 3 is 2.83 bits per heavy atom. The number of nitrogens with zero attached hydrogens (tertiary/aromatic N) is 3. The fourth-order valence-corrected chi connectivity index (χ4v) is 2.70. The molecule has 1 aromatic carbocycles. The average Bonchev–Trinajstić information content (AvgIpc) is 2.72. The third-order valence-corrected chi connectivity index (χ3v) is 3.74. The van der Waals surface area contributed by atoms with Gasteiger partial charge in [0, 0.05) is 26.2 Å². The second kappa shape index (κ2) is 7.87. The number of hydrogen-bond acceptors (Lipinski definition) is 6. The standard InChI is InChI=1S/C15H20FN3O4/c1-2-23-14(20)11-17-7-4-8-18(10-9-17)13-6-3-5-12(16)15(13)19(21)22/h3,5-6H,2,4,7-11H2,1H3. The molecule has 1 aliphatic rings. The topological polar surface area (TPSA) is 75.9 Å². The van der Waals surface area contributed by atoms with E-state index in [2.05, 4.69) is 0 Å². The molecule has 126 valence electrons. The Bertz CT molecular complexity index is 582. The second-order valence-electron chi connectivity index (χ2n) is 5.29. The van der Waals surface area contributed by atoms with Crippen molar-refractivity contribution in [2.24, 2.45) is 0 Å². The zero-order valence-corrected chi connectivity index (χ0v) is 13.0. The highest BCUT2D eigenvalue weighted by Crippen LogP contribution is 2.31. The molecule has 0 N–H and O–H groups in total. The summed E-state index contributed by atoms with van der Waals surface area (Å²) in [5.41, 5.74) is -0.209. The van der Waals surface area contributed by atoms with Crippen molar-refractivity contribution < 1.29 is 18.8 Å². The molecule has 0 amide bonds. The molecule has 7 nitrogen and oxygen atoms in total. The van der Waals surface area contributed by atoms with Gasteiger partial charge in [-0.2, -0.15) is 4.39 Å². The summed E-state index contributed by atoms with van der Waals surface area (Å²) in [5, 5.41) is 11.1. The monoisotopic (exact) mass is 325 g/mol. The molecule has 0 atom stereocenters. The van der Waals surface area contributed by atoms with Gasteiger partial charge in [0.15, 0.2) is 0 Å². The Kier molecular flexibility index (Phi) is 5.86. The Morgan fingerprint density at radius 2 is 2.13 bits per heavy atom. The maximum absolute atomic E-state index is 13.8. The van der Waals surface area contributed by atoms with E-state index in [1.165, 1.54) is 6.07 Å². The molecule has 1 aliphatic heterocycles. The summed E-state index contributed by atoms with van der Waals surface area (Å²) in [6.07, 6.45) is 0.729. The fourth-order valence-electron chi connectivity index (χ4n) is 2.70. The molecule has 0 aromatic heterocycles. The predicted octanol–water partition coefficient (Wildman–Crippen LogP) is 1.81. The first-order valence-corrected chi connectivity index (χ1v) is 7.58. The highest BCUT2D eigenvalue weighted by Gasteiger charge is 2.26. The van der Waals surface area contributed by atoms with Gasteiger partial charge < -0.3 is 9.64 Å². The van der Waals surface area contributed by atoms with Crippen LogP contribution in [0.15, 0.2) is 18.2 Å². The van der Waals surface area contributed by atoms with Crippen LogP contribution in [0.5, 0.6) is 0 Å². The average molecular weight is 325 g/mol. The molecule has 0 aliphatic carbocycles. The lowest BCUT2D eigenvalue weighted by molar-refractivity contribution is -0.386. The number of esters is 1. The van der Waals surface area contributed by atoms with E-state index in [0.29, 0.717) is 32.8 Å². The Labute approximate surface area is 133 Å². The van der Waals surface area contributed by atoms with Gasteiger partial charge in [0.2, 0.25) is 5.82 Å². The lowest BCUT2D eigenvalue weighted by Gasteiger charge is -2.23. The van der Waals surface area contributed by atoms with Gasteiger partial charge in [-0.3, -0.25) is 19.8 Å². The first-order valence-electron chi connectivity index (χ1n) is 7.58. The molecule has 1 heterocycles. The number of carbonyl (C=O) groups excluding carboxylic acids is 1. The first-order chi connectivity index (χ1) is 11.0. The van der Waals surface area contributed by atoms with Gasteiger partial charge in [0.05, 0.1) is 18.1 Å². The summed E-state index contributed by atoms with van der Waals surface area (Å²) in [7, 11) is 0. The number of hydrogen-bond donors (Lipinski definition) is 0. The van der Waals surface area contributed by atoms with E-state index in [1.807, 2.05) is 4.90 Å². The van der Waals surface area contributed by atoms with Crippen molar-refractivity contribution in [2.45, 2.75) is 13.3 Å². The van der Waals surface area contributed by atoms with Crippen LogP contribution in [0.1, 0.15) is 13.3 Å². The largest absolute Gasteiger partial charge is 0.465 e. The second-order valence-corrected chi connectivity index (χ2v) is 5.29. The summed E-state index contributed by atoms with van der Waals surface area (Å²) in [6.45, 7) is 4.62. The number of halogens is 1. The van der Waals surface area contributed by atoms with E-state index in [4.69, 9.17) is 4.74 Å². The fraction of sp³-hybridized carbons (Fsp3) is 0.533. The van der Waals surface area contributed by atoms with Crippen LogP contribution in [0.25, 0.3) is 0 Å². The van der Waals surface area contributed by atoms with Crippen molar-refractivity contribution in [3.05, 3.63) is 34.1 Å². The molecule has 8 heteroatoms. The summed E-state index contributed by atoms with van der Waals surface area (Å²) < 4.78 is 18.7. The van der Waals surface area contributed by atoms with Gasteiger partial charge in [0.25, 0.3) is 0 Å². The maximum atomic E-state index is 13.8. The van der Waals surface area contributed by atoms with Gasteiger partial charge in [-0.15, -0.1) is 0 Å². The van der Waals surface area contributed by atoms with Crippen LogP contribution in [0.2, 0.25) is 0 Å². The minimum atomic E-state index is -0.833. The zero-order valence-electron chi connectivity index (χ0n) is 13.0. The zero-order chi connectivity index (χ0) is 16.8. The van der Waals surface area contributed by atoms with Crippen molar-refractivity contribution in [3.8, 4) is 0 Å². The molecule has 0 saturated carbocycles. The number of rotatable bonds is 5. The molecular formula is C15H20FN3O4. The molecule has 1 fully saturated rings. The van der Waals surface area contributed by atoms with Crippen molar-refractivity contribution in [2.75, 3.05) is 44.2 Å². The summed E-state index contributed by atoms with van der Waals surface area (Å²) >= 11 is 0. The van der Waals surface area contributed by atoms with Gasteiger partial charge in [-0.25, -0.2) is 0 Å². The van der Waals surface area contributed by atoms with Crippen LogP contribution in [-0.2, 0) is 9.53 Å². The number of benzene rings is 1. The van der Waals surface area contributed by atoms with Crippen LogP contribution < -0.4 is 4.90 Å². The normalized spacial score (nSPS) is 16.0. The number of ether oxygens (including phenoxy) is 1. The van der Waals surface area contributed by atoms with E-state index in [9.17, 15) is 19.3 Å². The molecule has 0 unspecified atom stereocenters. The van der Waals surface area contributed by atoms with Crippen LogP contribution in [0.3, 0.4) is 0 Å². The van der Waals surface area contributed by atoms with Gasteiger partial charge in [-0.1, -0.05) is 6.07 Å². The minimum absolute atomic E-state index is 0.201. The van der Waals surface area contributed by atoms with E-state index >= 15 is 0 Å². The Hall–Kier alpha value is -2.22. The molecule has 0 radical (unpaired) electrons. The molecule has 1 aromatic rings. The quantitative estimate of drug-likeness (QED) is 0.467. The van der Waals surface area contributed by atoms with Gasteiger partial charge in [0.1, 0.15) is 5.69 Å². The summed E-state index contributed by atoms with van der Waals surface area (Å²) in [5.74, 6) is -1.11. The summed E-state index contributed by atoms with van der Waals surface area (Å²) in [6, 6.07) is 4.12. The van der Waals surface area contributed by atoms with Gasteiger partial charge in [-0.05, 0) is 25.5 Å². The van der Waals surface area contributed by atoms with E-state index in [1.54, 1.807) is 17.9 Å². The molecule has 23 heavy (non-hydrogen) atoms. The van der Waals surface area contributed by atoms with Crippen LogP contribution in [0.4, 0.5) is 15.8 Å². The molecular weight excluding hydrogens is 305 g/mol. The summed E-state index contributed by atoms with van der Waals surface area (Å²) in [4.78, 5) is 25.7. The van der Waals surface area contributed by atoms with Crippen LogP contribution in [-0.4, -0.2) is 55.1 Å². The van der Waals surface area contributed by atoms with E-state index in [0.717, 1.165) is 12.5 Å². The predicted molar refractivity (Wildman–Crippen MR) is 83.0 cm³/mol. The number of para-hydroxylation sites is 1. The van der Waals surface area contributed by atoms with Crippen molar-refractivity contribution >= 4 is 17.3 Å². The number of carbonyl (C=O) groups is 1. The van der Waals surface area contributed by atoms with E-state index in [-0.39, 0.29) is 18.2 Å². The molecule has 1 saturated heterocycles. The third-order valence-electron chi connectivity index (χ3n) is 3.74. The lowest BCUT2D eigenvalue weighted by atomic mass is 10.2. The minimum Gasteiger partial charge on any atom is -0.465 e. The maximum Gasteiger partial charge on any atom is 0.327 e. The number of nitro groups is 1. The smallest absolute Gasteiger partial charge is 0.327 e. The van der Waals surface area contributed by atoms with Crippen LogP contribution in [0, 0.1) is 15.9 Å². The SMILES string of the molecule is CCOC(=O)CN1CCCN(c2cccc(F)c2[N+](=O)[O-])CC1. The Morgan fingerprint density at radius 1 is 1.35 bits per heavy atom. The first kappa shape index (κ1) is 17.1. The van der Waals surface area contributed by atoms with Crippen molar-refractivity contribution in [3.63, 3.8) is 0 Å². The van der Waals surface area contributed by atoms with Crippen LogP contribution >= 0.6 is 0 Å². The molecule has 0 spiro atoms. The molecule has 0 bridgehead atoms.